The molecular formula is C15H10INO5. The Labute approximate surface area is 139 Å². The van der Waals surface area contributed by atoms with Crippen molar-refractivity contribution in [1.29, 1.82) is 0 Å². The van der Waals surface area contributed by atoms with E-state index >= 15 is 0 Å². The van der Waals surface area contributed by atoms with E-state index in [1.165, 1.54) is 12.1 Å². The van der Waals surface area contributed by atoms with E-state index in [4.69, 9.17) is 9.47 Å². The number of nitro benzene ring substituents is 1. The van der Waals surface area contributed by atoms with Gasteiger partial charge in [-0.3, -0.25) is 14.9 Å². The molecule has 0 unspecified atom stereocenters. The van der Waals surface area contributed by atoms with Crippen LogP contribution in [0, 0.1) is 13.7 Å². The van der Waals surface area contributed by atoms with Crippen molar-refractivity contribution in [3.8, 4) is 11.5 Å². The van der Waals surface area contributed by atoms with Crippen LogP contribution in [0.5, 0.6) is 11.5 Å². The summed E-state index contributed by atoms with van der Waals surface area (Å²) in [7, 11) is 0. The van der Waals surface area contributed by atoms with Crippen LogP contribution in [0.4, 0.5) is 5.69 Å². The summed E-state index contributed by atoms with van der Waals surface area (Å²) in [4.78, 5) is 23.4. The van der Waals surface area contributed by atoms with Crippen molar-refractivity contribution in [2.75, 3.05) is 13.2 Å². The van der Waals surface area contributed by atoms with Crippen molar-refractivity contribution in [2.45, 2.75) is 0 Å². The minimum Gasteiger partial charge on any atom is -0.486 e. The van der Waals surface area contributed by atoms with Gasteiger partial charge in [0.05, 0.1) is 11.0 Å². The van der Waals surface area contributed by atoms with Gasteiger partial charge in [0.15, 0.2) is 11.5 Å². The number of nitrogens with zero attached hydrogens (tertiary/aromatic N) is 1. The molecule has 112 valence electrons. The average molecular weight is 411 g/mol. The zero-order valence-corrected chi connectivity index (χ0v) is 13.4. The Hall–Kier alpha value is -2.16. The number of carbonyl (C=O) groups is 1. The number of rotatable bonds is 3. The second kappa shape index (κ2) is 5.91. The Morgan fingerprint density at radius 1 is 1.09 bits per heavy atom. The molecule has 0 saturated heterocycles. The SMILES string of the molecule is O=C(c1ccccc1I)c1cc2c(cc1[N+](=O)[O-])OCCO2. The Bertz CT molecular complexity index is 775. The minimum atomic E-state index is -0.582. The van der Waals surface area contributed by atoms with Crippen molar-refractivity contribution < 1.29 is 19.2 Å². The highest BCUT2D eigenvalue weighted by molar-refractivity contribution is 14.1. The van der Waals surface area contributed by atoms with E-state index in [2.05, 4.69) is 0 Å². The maximum absolute atomic E-state index is 12.7. The molecule has 0 aromatic heterocycles. The van der Waals surface area contributed by atoms with Gasteiger partial charge < -0.3 is 9.47 Å². The van der Waals surface area contributed by atoms with Gasteiger partial charge in [0.2, 0.25) is 5.78 Å². The van der Waals surface area contributed by atoms with Gasteiger partial charge in [-0.2, -0.15) is 0 Å². The van der Waals surface area contributed by atoms with Gasteiger partial charge in [0.1, 0.15) is 18.8 Å². The fraction of sp³-hybridized carbons (Fsp3) is 0.133. The summed E-state index contributed by atoms with van der Waals surface area (Å²) in [5.41, 5.74) is 0.134. The molecule has 0 atom stereocenters. The molecule has 6 nitrogen and oxygen atoms in total. The molecule has 22 heavy (non-hydrogen) atoms. The molecule has 0 saturated carbocycles. The number of benzene rings is 2. The first-order valence-corrected chi connectivity index (χ1v) is 7.53. The summed E-state index contributed by atoms with van der Waals surface area (Å²) in [6.45, 7) is 0.676. The number of hydrogen-bond donors (Lipinski definition) is 0. The summed E-state index contributed by atoms with van der Waals surface area (Å²) < 4.78 is 11.5. The summed E-state index contributed by atoms with van der Waals surface area (Å²) in [6.07, 6.45) is 0. The van der Waals surface area contributed by atoms with E-state index in [9.17, 15) is 14.9 Å². The Morgan fingerprint density at radius 3 is 2.36 bits per heavy atom. The van der Waals surface area contributed by atoms with Crippen molar-refractivity contribution in [3.63, 3.8) is 0 Å². The molecule has 1 aliphatic heterocycles. The summed E-state index contributed by atoms with van der Waals surface area (Å²) in [5.74, 6) is 0.233. The molecule has 2 aromatic rings. The Morgan fingerprint density at radius 2 is 1.73 bits per heavy atom. The highest BCUT2D eigenvalue weighted by Gasteiger charge is 2.27. The third-order valence-corrected chi connectivity index (χ3v) is 4.16. The van der Waals surface area contributed by atoms with E-state index in [1.54, 1.807) is 24.3 Å². The van der Waals surface area contributed by atoms with Gasteiger partial charge in [-0.1, -0.05) is 12.1 Å². The molecule has 2 aromatic carbocycles. The van der Waals surface area contributed by atoms with Crippen LogP contribution in [0.1, 0.15) is 15.9 Å². The standard InChI is InChI=1S/C15H10INO5/c16-11-4-2-1-3-9(11)15(18)10-7-13-14(22-6-5-21-13)8-12(10)17(19)20/h1-4,7-8H,5-6H2. The summed E-state index contributed by atoms with van der Waals surface area (Å²) >= 11 is 2.03. The van der Waals surface area contributed by atoms with Crippen LogP contribution in [-0.2, 0) is 0 Å². The van der Waals surface area contributed by atoms with Crippen LogP contribution in [0.2, 0.25) is 0 Å². The number of fused-ring (bicyclic) bond motifs is 1. The van der Waals surface area contributed by atoms with E-state index in [0.717, 1.165) is 3.57 Å². The second-order valence-electron chi connectivity index (χ2n) is 4.58. The van der Waals surface area contributed by atoms with Gasteiger partial charge in [-0.05, 0) is 34.7 Å². The Balaban J connectivity index is 2.15. The largest absolute Gasteiger partial charge is 0.486 e. The smallest absolute Gasteiger partial charge is 0.284 e. The highest BCUT2D eigenvalue weighted by atomic mass is 127. The molecule has 7 heteroatoms. The molecule has 3 rings (SSSR count). The predicted molar refractivity (Wildman–Crippen MR) is 86.7 cm³/mol. The lowest BCUT2D eigenvalue weighted by atomic mass is 10.0. The van der Waals surface area contributed by atoms with Gasteiger partial charge in [0, 0.05) is 15.2 Å². The molecular weight excluding hydrogens is 401 g/mol. The van der Waals surface area contributed by atoms with Gasteiger partial charge >= 0.3 is 0 Å². The monoisotopic (exact) mass is 411 g/mol. The number of ether oxygens (including phenoxy) is 2. The molecule has 0 radical (unpaired) electrons. The number of carbonyl (C=O) groups excluding carboxylic acids is 1. The molecule has 0 spiro atoms. The average Bonchev–Trinajstić information content (AvgIpc) is 2.53. The number of hydrogen-bond acceptors (Lipinski definition) is 5. The van der Waals surface area contributed by atoms with Gasteiger partial charge in [-0.25, -0.2) is 0 Å². The van der Waals surface area contributed by atoms with Gasteiger partial charge in [-0.15, -0.1) is 0 Å². The van der Waals surface area contributed by atoms with Crippen molar-refractivity contribution >= 4 is 34.1 Å². The molecule has 1 heterocycles. The zero-order valence-electron chi connectivity index (χ0n) is 11.2. The number of halogens is 1. The van der Waals surface area contributed by atoms with Crippen LogP contribution < -0.4 is 9.47 Å². The van der Waals surface area contributed by atoms with Crippen LogP contribution in [0.25, 0.3) is 0 Å². The van der Waals surface area contributed by atoms with E-state index < -0.39 is 10.7 Å². The molecule has 0 aliphatic carbocycles. The Kier molecular flexibility index (Phi) is 3.97. The fourth-order valence-corrected chi connectivity index (χ4v) is 2.83. The first kappa shape index (κ1) is 14.8. The highest BCUT2D eigenvalue weighted by Crippen LogP contribution is 2.37. The number of ketones is 1. The lowest BCUT2D eigenvalue weighted by Gasteiger charge is -2.18. The van der Waals surface area contributed by atoms with Crippen LogP contribution in [0.15, 0.2) is 36.4 Å². The van der Waals surface area contributed by atoms with Crippen molar-refractivity contribution in [1.82, 2.24) is 0 Å². The molecule has 0 fully saturated rings. The maximum atomic E-state index is 12.7. The number of nitro groups is 1. The van der Waals surface area contributed by atoms with Gasteiger partial charge in [0.25, 0.3) is 5.69 Å². The third-order valence-electron chi connectivity index (χ3n) is 3.22. The topological polar surface area (TPSA) is 78.7 Å². The molecule has 0 N–H and O–H groups in total. The van der Waals surface area contributed by atoms with Crippen LogP contribution in [-0.4, -0.2) is 23.9 Å². The molecule has 0 amide bonds. The van der Waals surface area contributed by atoms with Crippen LogP contribution in [0.3, 0.4) is 0 Å². The quantitative estimate of drug-likeness (QED) is 0.336. The lowest BCUT2D eigenvalue weighted by molar-refractivity contribution is -0.385. The van der Waals surface area contributed by atoms with Crippen LogP contribution >= 0.6 is 22.6 Å². The van der Waals surface area contributed by atoms with Crippen molar-refractivity contribution in [3.05, 3.63) is 61.2 Å². The third kappa shape index (κ3) is 2.63. The fourth-order valence-electron chi connectivity index (χ4n) is 2.20. The molecule has 1 aliphatic rings. The summed E-state index contributed by atoms with van der Waals surface area (Å²) in [6, 6.07) is 9.58. The van der Waals surface area contributed by atoms with E-state index in [0.29, 0.717) is 24.5 Å². The lowest BCUT2D eigenvalue weighted by Crippen LogP contribution is -2.17. The summed E-state index contributed by atoms with van der Waals surface area (Å²) in [5, 5.41) is 11.3. The first-order valence-electron chi connectivity index (χ1n) is 6.45. The van der Waals surface area contributed by atoms with E-state index in [-0.39, 0.29) is 17.0 Å². The second-order valence-corrected chi connectivity index (χ2v) is 5.74. The normalized spacial score (nSPS) is 12.8. The molecule has 0 bridgehead atoms. The first-order chi connectivity index (χ1) is 10.6. The minimum absolute atomic E-state index is 0.00151. The van der Waals surface area contributed by atoms with Crippen molar-refractivity contribution in [2.24, 2.45) is 0 Å². The zero-order chi connectivity index (χ0) is 15.7. The predicted octanol–water partition coefficient (Wildman–Crippen LogP) is 3.20. The maximum Gasteiger partial charge on any atom is 0.284 e. The van der Waals surface area contributed by atoms with E-state index in [1.807, 2.05) is 22.6 Å².